The Morgan fingerprint density at radius 1 is 1.14 bits per heavy atom. The van der Waals surface area contributed by atoms with Crippen LogP contribution in [0.2, 0.25) is 0 Å². The van der Waals surface area contributed by atoms with Gasteiger partial charge in [-0.3, -0.25) is 9.59 Å². The number of fused-ring (bicyclic) bond motifs is 1. The Bertz CT molecular complexity index is 722. The molecular weight excluding hydrogens is 294 g/mol. The van der Waals surface area contributed by atoms with Crippen molar-refractivity contribution in [1.82, 2.24) is 0 Å². The topological polar surface area (TPSA) is 46.2 Å². The van der Waals surface area contributed by atoms with Crippen LogP contribution in [0.1, 0.15) is 27.9 Å². The number of thioether (sulfide) groups is 1. The summed E-state index contributed by atoms with van der Waals surface area (Å²) < 4.78 is 0. The first kappa shape index (κ1) is 14.9. The van der Waals surface area contributed by atoms with Crippen LogP contribution in [-0.4, -0.2) is 17.4 Å². The van der Waals surface area contributed by atoms with Crippen LogP contribution in [0, 0.1) is 6.92 Å². The monoisotopic (exact) mass is 311 g/mol. The predicted octanol–water partition coefficient (Wildman–Crippen LogP) is 3.85. The molecule has 22 heavy (non-hydrogen) atoms. The van der Waals surface area contributed by atoms with Crippen molar-refractivity contribution < 1.29 is 9.59 Å². The van der Waals surface area contributed by atoms with Crippen molar-refractivity contribution in [3.8, 4) is 0 Å². The zero-order valence-corrected chi connectivity index (χ0v) is 13.2. The average Bonchev–Trinajstić information content (AvgIpc) is 2.53. The van der Waals surface area contributed by atoms with Gasteiger partial charge in [0.1, 0.15) is 0 Å². The number of amides is 1. The quantitative estimate of drug-likeness (QED) is 0.689. The Morgan fingerprint density at radius 2 is 1.91 bits per heavy atom. The first-order valence-corrected chi connectivity index (χ1v) is 8.26. The highest BCUT2D eigenvalue weighted by Gasteiger charge is 2.16. The van der Waals surface area contributed by atoms with Crippen molar-refractivity contribution in [3.05, 3.63) is 59.2 Å². The molecule has 0 aliphatic carbocycles. The van der Waals surface area contributed by atoms with Gasteiger partial charge in [-0.2, -0.15) is 0 Å². The van der Waals surface area contributed by atoms with E-state index in [9.17, 15) is 9.59 Å². The molecule has 0 radical (unpaired) electrons. The van der Waals surface area contributed by atoms with E-state index < -0.39 is 0 Å². The van der Waals surface area contributed by atoms with Gasteiger partial charge in [0, 0.05) is 22.6 Å². The molecule has 3 nitrogen and oxygen atoms in total. The Kier molecular flexibility index (Phi) is 4.29. The maximum absolute atomic E-state index is 12.3. The van der Waals surface area contributed by atoms with Gasteiger partial charge in [0.15, 0.2) is 5.78 Å². The fourth-order valence-corrected chi connectivity index (χ4v) is 3.22. The van der Waals surface area contributed by atoms with E-state index in [2.05, 4.69) is 5.32 Å². The highest BCUT2D eigenvalue weighted by Crippen LogP contribution is 2.25. The minimum atomic E-state index is 0.0431. The van der Waals surface area contributed by atoms with Crippen molar-refractivity contribution in [2.45, 2.75) is 24.7 Å². The fraction of sp³-hybridized carbons (Fsp3) is 0.222. The van der Waals surface area contributed by atoms with Gasteiger partial charge in [0.25, 0.3) is 0 Å². The summed E-state index contributed by atoms with van der Waals surface area (Å²) in [6.45, 7) is 2.05. The van der Waals surface area contributed by atoms with Crippen LogP contribution in [0.4, 0.5) is 5.69 Å². The molecule has 112 valence electrons. The summed E-state index contributed by atoms with van der Waals surface area (Å²) in [7, 11) is 0. The smallest absolute Gasteiger partial charge is 0.224 e. The van der Waals surface area contributed by atoms with Crippen LogP contribution in [0.15, 0.2) is 47.4 Å². The first-order valence-electron chi connectivity index (χ1n) is 7.27. The highest BCUT2D eigenvalue weighted by molar-refractivity contribution is 8.00. The zero-order chi connectivity index (χ0) is 15.5. The number of Topliss-reactive ketones (excluding diaryl/α,β-unsaturated/α-hetero) is 1. The van der Waals surface area contributed by atoms with Crippen LogP contribution in [0.3, 0.4) is 0 Å². The summed E-state index contributed by atoms with van der Waals surface area (Å²) in [5.41, 5.74) is 3.81. The molecule has 1 N–H and O–H groups in total. The lowest BCUT2D eigenvalue weighted by molar-refractivity contribution is -0.116. The van der Waals surface area contributed by atoms with Gasteiger partial charge >= 0.3 is 0 Å². The van der Waals surface area contributed by atoms with Gasteiger partial charge in [-0.1, -0.05) is 17.7 Å². The number of carbonyl (C=O) groups excluding carboxylic acids is 2. The lowest BCUT2D eigenvalue weighted by Gasteiger charge is -2.17. The Hall–Kier alpha value is -2.07. The number of aryl methyl sites for hydroxylation is 2. The van der Waals surface area contributed by atoms with Crippen LogP contribution in [0.5, 0.6) is 0 Å². The van der Waals surface area contributed by atoms with E-state index >= 15 is 0 Å². The second-order valence-corrected chi connectivity index (χ2v) is 6.49. The number of nitrogens with one attached hydrogen (secondary N) is 1. The number of rotatable bonds is 4. The number of carbonyl (C=O) groups is 2. The standard InChI is InChI=1S/C18H17NO2S/c1-12-2-6-15(7-3-12)22-11-17(20)14-4-8-16-13(10-14)5-9-18(21)19-16/h2-4,6-8,10H,5,9,11H2,1H3,(H,19,21). The van der Waals surface area contributed by atoms with E-state index in [-0.39, 0.29) is 11.7 Å². The molecule has 1 heterocycles. The van der Waals surface area contributed by atoms with Gasteiger partial charge in [-0.25, -0.2) is 0 Å². The first-order chi connectivity index (χ1) is 10.6. The van der Waals surface area contributed by atoms with Crippen LogP contribution in [0.25, 0.3) is 0 Å². The second kappa shape index (κ2) is 6.36. The minimum absolute atomic E-state index is 0.0431. The SMILES string of the molecule is Cc1ccc(SCC(=O)c2ccc3c(c2)CCC(=O)N3)cc1. The molecule has 1 aliphatic heterocycles. The van der Waals surface area contributed by atoms with Crippen LogP contribution < -0.4 is 5.32 Å². The average molecular weight is 311 g/mol. The number of benzene rings is 2. The Labute approximate surface area is 134 Å². The molecule has 0 fully saturated rings. The normalized spacial score (nSPS) is 13.4. The van der Waals surface area contributed by atoms with E-state index in [1.807, 2.05) is 43.3 Å². The highest BCUT2D eigenvalue weighted by atomic mass is 32.2. The summed E-state index contributed by atoms with van der Waals surface area (Å²) in [5, 5.41) is 2.83. The molecule has 0 spiro atoms. The Morgan fingerprint density at radius 3 is 2.68 bits per heavy atom. The lowest BCUT2D eigenvalue weighted by Crippen LogP contribution is -2.19. The predicted molar refractivity (Wildman–Crippen MR) is 89.6 cm³/mol. The van der Waals surface area contributed by atoms with Crippen LogP contribution >= 0.6 is 11.8 Å². The molecule has 2 aromatic rings. The molecule has 0 saturated heterocycles. The van der Waals surface area contributed by atoms with E-state index in [4.69, 9.17) is 0 Å². The van der Waals surface area contributed by atoms with Gasteiger partial charge < -0.3 is 5.32 Å². The largest absolute Gasteiger partial charge is 0.326 e. The van der Waals surface area contributed by atoms with Gasteiger partial charge in [-0.15, -0.1) is 11.8 Å². The molecule has 3 rings (SSSR count). The molecule has 4 heteroatoms. The maximum atomic E-state index is 12.3. The summed E-state index contributed by atoms with van der Waals surface area (Å²) in [6.07, 6.45) is 1.19. The third-order valence-corrected chi connectivity index (χ3v) is 4.73. The molecule has 0 saturated carbocycles. The number of ketones is 1. The summed E-state index contributed by atoms with van der Waals surface area (Å²) >= 11 is 1.55. The van der Waals surface area contributed by atoms with Crippen molar-refractivity contribution >= 4 is 29.1 Å². The number of hydrogen-bond acceptors (Lipinski definition) is 3. The van der Waals surface area contributed by atoms with E-state index in [1.165, 1.54) is 5.56 Å². The molecule has 0 aromatic heterocycles. The summed E-state index contributed by atoms with van der Waals surface area (Å²) in [4.78, 5) is 24.8. The van der Waals surface area contributed by atoms with E-state index in [1.54, 1.807) is 17.8 Å². The van der Waals surface area contributed by atoms with Crippen molar-refractivity contribution in [1.29, 1.82) is 0 Å². The van der Waals surface area contributed by atoms with Gasteiger partial charge in [0.05, 0.1) is 5.75 Å². The van der Waals surface area contributed by atoms with Gasteiger partial charge in [-0.05, 0) is 49.2 Å². The summed E-state index contributed by atoms with van der Waals surface area (Å²) in [5.74, 6) is 0.584. The molecule has 0 unspecified atom stereocenters. The number of hydrogen-bond donors (Lipinski definition) is 1. The third kappa shape index (κ3) is 3.39. The lowest BCUT2D eigenvalue weighted by atomic mass is 9.99. The van der Waals surface area contributed by atoms with Crippen molar-refractivity contribution in [3.63, 3.8) is 0 Å². The third-order valence-electron chi connectivity index (χ3n) is 3.71. The summed E-state index contributed by atoms with van der Waals surface area (Å²) in [6, 6.07) is 13.7. The molecular formula is C18H17NO2S. The molecule has 1 aliphatic rings. The maximum Gasteiger partial charge on any atom is 0.224 e. The molecule has 2 aromatic carbocycles. The minimum Gasteiger partial charge on any atom is -0.326 e. The fourth-order valence-electron chi connectivity index (χ4n) is 2.42. The molecule has 0 bridgehead atoms. The Balaban J connectivity index is 1.67. The van der Waals surface area contributed by atoms with Crippen molar-refractivity contribution in [2.24, 2.45) is 0 Å². The van der Waals surface area contributed by atoms with Crippen molar-refractivity contribution in [2.75, 3.05) is 11.1 Å². The van der Waals surface area contributed by atoms with E-state index in [0.717, 1.165) is 21.7 Å². The van der Waals surface area contributed by atoms with Gasteiger partial charge in [0.2, 0.25) is 5.91 Å². The second-order valence-electron chi connectivity index (χ2n) is 5.45. The number of anilines is 1. The molecule has 0 atom stereocenters. The molecule has 1 amide bonds. The van der Waals surface area contributed by atoms with E-state index in [0.29, 0.717) is 18.6 Å². The zero-order valence-electron chi connectivity index (χ0n) is 12.4. The van der Waals surface area contributed by atoms with Crippen LogP contribution in [-0.2, 0) is 11.2 Å².